The topological polar surface area (TPSA) is 60.7 Å². The number of quaternary nitrogens is 1. The van der Waals surface area contributed by atoms with Crippen molar-refractivity contribution in [3.63, 3.8) is 0 Å². The van der Waals surface area contributed by atoms with Crippen molar-refractivity contribution in [1.29, 1.82) is 0 Å². The molecule has 1 heterocycles. The average molecular weight is 324 g/mol. The Morgan fingerprint density at radius 1 is 1.17 bits per heavy atom. The van der Waals surface area contributed by atoms with Crippen LogP contribution < -0.4 is 15.6 Å². The van der Waals surface area contributed by atoms with Crippen LogP contribution >= 0.6 is 0 Å². The van der Waals surface area contributed by atoms with Crippen LogP contribution in [0.2, 0.25) is 0 Å². The minimum atomic E-state index is -0.0477. The second-order valence-corrected chi connectivity index (χ2v) is 5.68. The van der Waals surface area contributed by atoms with Gasteiger partial charge in [-0.2, -0.15) is 0 Å². The summed E-state index contributed by atoms with van der Waals surface area (Å²) in [4.78, 5) is 17.8. The first-order valence-electron chi connectivity index (χ1n) is 8.20. The fourth-order valence-corrected chi connectivity index (χ4v) is 2.71. The van der Waals surface area contributed by atoms with Gasteiger partial charge < -0.3 is 10.1 Å². The van der Waals surface area contributed by atoms with E-state index in [1.165, 1.54) is 0 Å². The molecule has 0 radical (unpaired) electrons. The molecule has 0 fully saturated rings. The standard InChI is InChI=1S/C19H21N3O2/c1-4-24-15-11-9-14(10-12-15)22-18(13(2)20-3)21-17-8-6-5-7-16(17)19(22)23/h5-13,20H,4H2,1-3H3/p+1/t13-/m0/s1. The Hall–Kier alpha value is -2.66. The number of para-hydroxylation sites is 1. The summed E-state index contributed by atoms with van der Waals surface area (Å²) in [6.45, 7) is 4.61. The van der Waals surface area contributed by atoms with E-state index in [1.807, 2.05) is 74.7 Å². The molecule has 0 unspecified atom stereocenters. The van der Waals surface area contributed by atoms with Crippen LogP contribution in [0.1, 0.15) is 25.7 Å². The van der Waals surface area contributed by atoms with Crippen molar-refractivity contribution in [1.82, 2.24) is 9.55 Å². The summed E-state index contributed by atoms with van der Waals surface area (Å²) in [6.07, 6.45) is 0. The van der Waals surface area contributed by atoms with Crippen molar-refractivity contribution < 1.29 is 10.1 Å². The molecule has 5 heteroatoms. The zero-order chi connectivity index (χ0) is 17.1. The van der Waals surface area contributed by atoms with Gasteiger partial charge in [0.2, 0.25) is 0 Å². The highest BCUT2D eigenvalue weighted by Crippen LogP contribution is 2.19. The molecule has 0 saturated carbocycles. The van der Waals surface area contributed by atoms with Crippen molar-refractivity contribution >= 4 is 10.9 Å². The van der Waals surface area contributed by atoms with Gasteiger partial charge in [0, 0.05) is 0 Å². The molecule has 2 N–H and O–H groups in total. The predicted octanol–water partition coefficient (Wildman–Crippen LogP) is 2.04. The van der Waals surface area contributed by atoms with Gasteiger partial charge in [0.25, 0.3) is 5.56 Å². The molecule has 0 spiro atoms. The predicted molar refractivity (Wildman–Crippen MR) is 94.8 cm³/mol. The van der Waals surface area contributed by atoms with Gasteiger partial charge in [-0.25, -0.2) is 4.98 Å². The SMILES string of the molecule is CCOc1ccc(-n2c([C@H](C)[NH2+]C)nc3ccccc3c2=O)cc1. The number of hydrogen-bond donors (Lipinski definition) is 1. The maximum absolute atomic E-state index is 13.1. The van der Waals surface area contributed by atoms with E-state index in [2.05, 4.69) is 0 Å². The van der Waals surface area contributed by atoms with Crippen molar-refractivity contribution in [2.75, 3.05) is 13.7 Å². The summed E-state index contributed by atoms with van der Waals surface area (Å²) in [7, 11) is 1.98. The number of ether oxygens (including phenoxy) is 1. The van der Waals surface area contributed by atoms with Crippen LogP contribution in [0.5, 0.6) is 5.75 Å². The first-order valence-corrected chi connectivity index (χ1v) is 8.20. The Balaban J connectivity index is 2.24. The Labute approximate surface area is 140 Å². The Morgan fingerprint density at radius 2 is 1.88 bits per heavy atom. The zero-order valence-corrected chi connectivity index (χ0v) is 14.2. The molecule has 0 aliphatic carbocycles. The lowest BCUT2D eigenvalue weighted by Crippen LogP contribution is -2.80. The van der Waals surface area contributed by atoms with Gasteiger partial charge in [-0.1, -0.05) is 12.1 Å². The van der Waals surface area contributed by atoms with Gasteiger partial charge in [0.15, 0.2) is 5.82 Å². The van der Waals surface area contributed by atoms with E-state index in [9.17, 15) is 4.79 Å². The molecule has 0 saturated heterocycles. The Kier molecular flexibility index (Phi) is 4.62. The highest BCUT2D eigenvalue weighted by Gasteiger charge is 2.18. The fourth-order valence-electron chi connectivity index (χ4n) is 2.71. The summed E-state index contributed by atoms with van der Waals surface area (Å²) < 4.78 is 7.18. The largest absolute Gasteiger partial charge is 0.494 e. The van der Waals surface area contributed by atoms with Gasteiger partial charge in [0.05, 0.1) is 30.2 Å². The molecule has 124 valence electrons. The second kappa shape index (κ2) is 6.84. The van der Waals surface area contributed by atoms with Gasteiger partial charge in [-0.15, -0.1) is 0 Å². The maximum atomic E-state index is 13.1. The third kappa shape index (κ3) is 2.90. The van der Waals surface area contributed by atoms with Gasteiger partial charge in [-0.3, -0.25) is 9.36 Å². The van der Waals surface area contributed by atoms with Crippen LogP contribution in [0.4, 0.5) is 0 Å². The van der Waals surface area contributed by atoms with Crippen LogP contribution in [0.15, 0.2) is 53.3 Å². The van der Waals surface area contributed by atoms with E-state index in [-0.39, 0.29) is 11.6 Å². The molecule has 1 atom stereocenters. The van der Waals surface area contributed by atoms with Crippen molar-refractivity contribution in [2.45, 2.75) is 19.9 Å². The van der Waals surface area contributed by atoms with E-state index >= 15 is 0 Å². The molecule has 3 aromatic rings. The number of aromatic nitrogens is 2. The van der Waals surface area contributed by atoms with Crippen molar-refractivity contribution in [2.24, 2.45) is 0 Å². The minimum Gasteiger partial charge on any atom is -0.494 e. The molecule has 5 nitrogen and oxygen atoms in total. The van der Waals surface area contributed by atoms with Gasteiger partial charge in [-0.05, 0) is 50.2 Å². The summed E-state index contributed by atoms with van der Waals surface area (Å²) in [5.41, 5.74) is 1.48. The third-order valence-corrected chi connectivity index (χ3v) is 4.11. The van der Waals surface area contributed by atoms with E-state index in [1.54, 1.807) is 4.57 Å². The average Bonchev–Trinajstić information content (AvgIpc) is 2.62. The second-order valence-electron chi connectivity index (χ2n) is 5.68. The molecule has 0 amide bonds. The van der Waals surface area contributed by atoms with Crippen LogP contribution in [-0.2, 0) is 0 Å². The molecule has 2 aromatic carbocycles. The highest BCUT2D eigenvalue weighted by atomic mass is 16.5. The summed E-state index contributed by atoms with van der Waals surface area (Å²) in [5.74, 6) is 1.53. The normalized spacial score (nSPS) is 12.3. The molecular weight excluding hydrogens is 302 g/mol. The van der Waals surface area contributed by atoms with Gasteiger partial charge in [0.1, 0.15) is 11.8 Å². The lowest BCUT2D eigenvalue weighted by molar-refractivity contribution is -0.668. The van der Waals surface area contributed by atoms with Crippen LogP contribution in [0.25, 0.3) is 16.6 Å². The number of nitrogens with two attached hydrogens (primary N) is 1. The maximum Gasteiger partial charge on any atom is 0.266 e. The Bertz CT molecular complexity index is 901. The number of nitrogens with zero attached hydrogens (tertiary/aromatic N) is 2. The van der Waals surface area contributed by atoms with E-state index < -0.39 is 0 Å². The minimum absolute atomic E-state index is 0.0477. The number of benzene rings is 2. The summed E-state index contributed by atoms with van der Waals surface area (Å²) >= 11 is 0. The van der Waals surface area contributed by atoms with E-state index in [0.717, 1.165) is 22.8 Å². The van der Waals surface area contributed by atoms with Crippen molar-refractivity contribution in [3.8, 4) is 11.4 Å². The highest BCUT2D eigenvalue weighted by molar-refractivity contribution is 5.77. The molecule has 0 bridgehead atoms. The van der Waals surface area contributed by atoms with Gasteiger partial charge >= 0.3 is 0 Å². The lowest BCUT2D eigenvalue weighted by atomic mass is 10.2. The number of fused-ring (bicyclic) bond motifs is 1. The first-order chi connectivity index (χ1) is 11.7. The fraction of sp³-hybridized carbons (Fsp3) is 0.263. The number of rotatable bonds is 5. The lowest BCUT2D eigenvalue weighted by Gasteiger charge is -2.16. The smallest absolute Gasteiger partial charge is 0.266 e. The monoisotopic (exact) mass is 324 g/mol. The molecule has 0 aliphatic heterocycles. The third-order valence-electron chi connectivity index (χ3n) is 4.11. The Morgan fingerprint density at radius 3 is 2.54 bits per heavy atom. The molecule has 3 rings (SSSR count). The molecular formula is C19H22N3O2+. The summed E-state index contributed by atoms with van der Waals surface area (Å²) in [5, 5.41) is 2.67. The van der Waals surface area contributed by atoms with E-state index in [0.29, 0.717) is 12.0 Å². The van der Waals surface area contributed by atoms with Crippen LogP contribution in [-0.4, -0.2) is 23.2 Å². The van der Waals surface area contributed by atoms with Crippen molar-refractivity contribution in [3.05, 3.63) is 64.7 Å². The first kappa shape index (κ1) is 16.2. The number of hydrogen-bond acceptors (Lipinski definition) is 3. The molecule has 1 aromatic heterocycles. The summed E-state index contributed by atoms with van der Waals surface area (Å²) in [6, 6.07) is 15.1. The zero-order valence-electron chi connectivity index (χ0n) is 14.2. The molecule has 0 aliphatic rings. The van der Waals surface area contributed by atoms with Crippen LogP contribution in [0.3, 0.4) is 0 Å². The molecule has 24 heavy (non-hydrogen) atoms. The van der Waals surface area contributed by atoms with E-state index in [4.69, 9.17) is 9.72 Å². The van der Waals surface area contributed by atoms with Crippen LogP contribution in [0, 0.1) is 0 Å². The quantitative estimate of drug-likeness (QED) is 0.781.